The van der Waals surface area contributed by atoms with Gasteiger partial charge in [0.15, 0.2) is 18.1 Å². The van der Waals surface area contributed by atoms with Gasteiger partial charge in [-0.2, -0.15) is 4.31 Å². The fourth-order valence-corrected chi connectivity index (χ4v) is 3.11. The lowest BCUT2D eigenvalue weighted by molar-refractivity contribution is -0.123. The highest BCUT2D eigenvalue weighted by Crippen LogP contribution is 2.25. The molecule has 0 aliphatic rings. The molecule has 9 heteroatoms. The van der Waals surface area contributed by atoms with Gasteiger partial charge in [0.05, 0.1) is 13.4 Å². The maximum Gasteiger partial charge on any atom is 0.257 e. The van der Waals surface area contributed by atoms with E-state index in [1.54, 1.807) is 48.8 Å². The predicted octanol–water partition coefficient (Wildman–Crippen LogP) is 1.05. The molecule has 0 fully saturated rings. The molecule has 0 saturated heterocycles. The minimum absolute atomic E-state index is 0.154. The van der Waals surface area contributed by atoms with Gasteiger partial charge in [0.25, 0.3) is 5.91 Å². The van der Waals surface area contributed by atoms with Crippen LogP contribution in [0, 0.1) is 0 Å². The zero-order chi connectivity index (χ0) is 19.7. The molecule has 1 heterocycles. The number of benzene rings is 1. The molecule has 0 saturated carbocycles. The summed E-state index contributed by atoms with van der Waals surface area (Å²) in [5, 5.41) is 2.66. The molecule has 0 spiro atoms. The number of para-hydroxylation sites is 2. The first-order chi connectivity index (χ1) is 12.9. The summed E-state index contributed by atoms with van der Waals surface area (Å²) < 4.78 is 35.8. The molecule has 27 heavy (non-hydrogen) atoms. The Morgan fingerprint density at radius 1 is 1.15 bits per heavy atom. The van der Waals surface area contributed by atoms with Gasteiger partial charge < -0.3 is 14.8 Å². The first-order valence-corrected chi connectivity index (χ1v) is 10.1. The highest BCUT2D eigenvalue weighted by atomic mass is 32.2. The van der Waals surface area contributed by atoms with Crippen LogP contribution in [0.5, 0.6) is 11.5 Å². The lowest BCUT2D eigenvalue weighted by Crippen LogP contribution is -2.39. The Hall–Kier alpha value is -2.65. The van der Waals surface area contributed by atoms with Crippen LogP contribution >= 0.6 is 0 Å². The van der Waals surface area contributed by atoms with E-state index in [4.69, 9.17) is 9.47 Å². The van der Waals surface area contributed by atoms with E-state index in [-0.39, 0.29) is 32.1 Å². The maximum absolute atomic E-state index is 12.0. The standard InChI is InChI=1S/C18H23N3O5S/c1-25-16-5-3-4-6-17(16)26-14-18(22)20-11-12-21(27(2,23)24)13-15-7-9-19-10-8-15/h3-10H,11-14H2,1-2H3,(H,20,22). The van der Waals surface area contributed by atoms with Crippen LogP contribution in [-0.4, -0.2) is 56.7 Å². The average molecular weight is 393 g/mol. The van der Waals surface area contributed by atoms with E-state index in [1.165, 1.54) is 11.4 Å². The van der Waals surface area contributed by atoms with Gasteiger partial charge >= 0.3 is 0 Å². The minimum Gasteiger partial charge on any atom is -0.493 e. The van der Waals surface area contributed by atoms with Crippen LogP contribution in [0.15, 0.2) is 48.8 Å². The number of nitrogens with one attached hydrogen (secondary N) is 1. The third-order valence-electron chi connectivity index (χ3n) is 3.69. The second-order valence-electron chi connectivity index (χ2n) is 5.74. The Bertz CT molecular complexity index is 843. The zero-order valence-corrected chi connectivity index (χ0v) is 16.1. The van der Waals surface area contributed by atoms with E-state index in [0.717, 1.165) is 11.8 Å². The fraction of sp³-hybridized carbons (Fsp3) is 0.333. The zero-order valence-electron chi connectivity index (χ0n) is 15.3. The lowest BCUT2D eigenvalue weighted by Gasteiger charge is -2.20. The van der Waals surface area contributed by atoms with Crippen LogP contribution in [-0.2, 0) is 21.4 Å². The van der Waals surface area contributed by atoms with E-state index in [1.807, 2.05) is 0 Å². The summed E-state index contributed by atoms with van der Waals surface area (Å²) in [6.45, 7) is 0.354. The van der Waals surface area contributed by atoms with Crippen molar-refractivity contribution in [2.45, 2.75) is 6.54 Å². The maximum atomic E-state index is 12.0. The second-order valence-corrected chi connectivity index (χ2v) is 7.72. The Kier molecular flexibility index (Phi) is 7.56. The van der Waals surface area contributed by atoms with Gasteiger partial charge in [-0.3, -0.25) is 9.78 Å². The third kappa shape index (κ3) is 6.87. The van der Waals surface area contributed by atoms with Crippen LogP contribution in [0.1, 0.15) is 5.56 Å². The molecule has 0 radical (unpaired) electrons. The number of nitrogens with zero attached hydrogens (tertiary/aromatic N) is 2. The summed E-state index contributed by atoms with van der Waals surface area (Å²) in [4.78, 5) is 15.9. The fourth-order valence-electron chi connectivity index (χ4n) is 2.31. The predicted molar refractivity (Wildman–Crippen MR) is 101 cm³/mol. The van der Waals surface area contributed by atoms with Crippen LogP contribution in [0.2, 0.25) is 0 Å². The number of carbonyl (C=O) groups is 1. The minimum atomic E-state index is -3.41. The van der Waals surface area contributed by atoms with Gasteiger partial charge in [-0.15, -0.1) is 0 Å². The summed E-state index contributed by atoms with van der Waals surface area (Å²) >= 11 is 0. The Labute approximate surface area is 159 Å². The van der Waals surface area contributed by atoms with Gasteiger partial charge in [-0.05, 0) is 29.8 Å². The topological polar surface area (TPSA) is 97.8 Å². The number of carbonyl (C=O) groups excluding carboxylic acids is 1. The molecule has 2 aromatic rings. The van der Waals surface area contributed by atoms with Crippen molar-refractivity contribution in [1.29, 1.82) is 0 Å². The lowest BCUT2D eigenvalue weighted by atomic mass is 10.3. The average Bonchev–Trinajstić information content (AvgIpc) is 2.66. The van der Waals surface area contributed by atoms with Crippen LogP contribution in [0.4, 0.5) is 0 Å². The molecule has 0 atom stereocenters. The van der Waals surface area contributed by atoms with Crippen LogP contribution < -0.4 is 14.8 Å². The van der Waals surface area contributed by atoms with Gasteiger partial charge in [-0.1, -0.05) is 12.1 Å². The van der Waals surface area contributed by atoms with E-state index in [2.05, 4.69) is 10.3 Å². The molecule has 1 N–H and O–H groups in total. The molecule has 146 valence electrons. The number of hydrogen-bond donors (Lipinski definition) is 1. The largest absolute Gasteiger partial charge is 0.493 e. The monoisotopic (exact) mass is 393 g/mol. The first-order valence-electron chi connectivity index (χ1n) is 8.26. The summed E-state index contributed by atoms with van der Waals surface area (Å²) in [6.07, 6.45) is 4.35. The van der Waals surface area contributed by atoms with E-state index < -0.39 is 10.0 Å². The molecule has 0 aliphatic heterocycles. The quantitative estimate of drug-likeness (QED) is 0.648. The molecule has 1 aromatic carbocycles. The van der Waals surface area contributed by atoms with Crippen molar-refractivity contribution in [3.63, 3.8) is 0 Å². The number of pyridine rings is 1. The summed E-state index contributed by atoms with van der Waals surface area (Å²) in [6, 6.07) is 10.5. The summed E-state index contributed by atoms with van der Waals surface area (Å²) in [5.74, 6) is 0.648. The Balaban J connectivity index is 1.82. The number of ether oxygens (including phenoxy) is 2. The molecular formula is C18H23N3O5S. The molecular weight excluding hydrogens is 370 g/mol. The number of amides is 1. The molecule has 1 aromatic heterocycles. The van der Waals surface area contributed by atoms with E-state index in [9.17, 15) is 13.2 Å². The Morgan fingerprint density at radius 2 is 1.81 bits per heavy atom. The molecule has 1 amide bonds. The van der Waals surface area contributed by atoms with Crippen LogP contribution in [0.3, 0.4) is 0 Å². The molecule has 0 unspecified atom stereocenters. The molecule has 0 aliphatic carbocycles. The van der Waals surface area contributed by atoms with Crippen molar-refractivity contribution in [2.75, 3.05) is 33.1 Å². The van der Waals surface area contributed by atoms with Crippen molar-refractivity contribution in [3.8, 4) is 11.5 Å². The van der Waals surface area contributed by atoms with Crippen molar-refractivity contribution in [2.24, 2.45) is 0 Å². The number of rotatable bonds is 10. The SMILES string of the molecule is COc1ccccc1OCC(=O)NCCN(Cc1ccncc1)S(C)(=O)=O. The normalized spacial score (nSPS) is 11.2. The van der Waals surface area contributed by atoms with Crippen LogP contribution in [0.25, 0.3) is 0 Å². The smallest absolute Gasteiger partial charge is 0.257 e. The second kappa shape index (κ2) is 9.89. The third-order valence-corrected chi connectivity index (χ3v) is 4.94. The van der Waals surface area contributed by atoms with Crippen molar-refractivity contribution >= 4 is 15.9 Å². The molecule has 2 rings (SSSR count). The van der Waals surface area contributed by atoms with Gasteiger partial charge in [0.2, 0.25) is 10.0 Å². The molecule has 0 bridgehead atoms. The highest BCUT2D eigenvalue weighted by Gasteiger charge is 2.17. The van der Waals surface area contributed by atoms with Crippen molar-refractivity contribution in [3.05, 3.63) is 54.4 Å². The number of hydrogen-bond acceptors (Lipinski definition) is 6. The van der Waals surface area contributed by atoms with Gasteiger partial charge in [0, 0.05) is 32.0 Å². The number of aromatic nitrogens is 1. The van der Waals surface area contributed by atoms with Crippen molar-refractivity contribution < 1.29 is 22.7 Å². The number of sulfonamides is 1. The van der Waals surface area contributed by atoms with Gasteiger partial charge in [-0.25, -0.2) is 8.42 Å². The molecule has 8 nitrogen and oxygen atoms in total. The van der Waals surface area contributed by atoms with Gasteiger partial charge in [0.1, 0.15) is 0 Å². The van der Waals surface area contributed by atoms with E-state index >= 15 is 0 Å². The number of methoxy groups -OCH3 is 1. The van der Waals surface area contributed by atoms with E-state index in [0.29, 0.717) is 11.5 Å². The highest BCUT2D eigenvalue weighted by molar-refractivity contribution is 7.88. The summed E-state index contributed by atoms with van der Waals surface area (Å²) in [7, 11) is -1.89. The first kappa shape index (κ1) is 20.7. The van der Waals surface area contributed by atoms with Crippen molar-refractivity contribution in [1.82, 2.24) is 14.6 Å². The Morgan fingerprint density at radius 3 is 2.44 bits per heavy atom. The summed E-state index contributed by atoms with van der Waals surface area (Å²) in [5.41, 5.74) is 0.821.